The Kier molecular flexibility index (Phi) is 6.30. The largest absolute Gasteiger partial charge is 0.494 e. The van der Waals surface area contributed by atoms with E-state index in [9.17, 15) is 9.18 Å². The van der Waals surface area contributed by atoms with Crippen LogP contribution in [0.15, 0.2) is 67.0 Å². The van der Waals surface area contributed by atoms with Crippen LogP contribution in [0.1, 0.15) is 35.6 Å². The number of nitrogens with one attached hydrogen (secondary N) is 1. The first-order valence-electron chi connectivity index (χ1n) is 11.5. The lowest BCUT2D eigenvalue weighted by atomic mass is 10.1. The summed E-state index contributed by atoms with van der Waals surface area (Å²) < 4.78 is 23.6. The number of pyridine rings is 1. The molecule has 186 valence electrons. The maximum atomic E-state index is 15.0. The molecule has 5 rings (SSSR count). The van der Waals surface area contributed by atoms with Gasteiger partial charge in [-0.15, -0.1) is 0 Å². The summed E-state index contributed by atoms with van der Waals surface area (Å²) in [4.78, 5) is 17.2. The number of hydrogen-bond donors (Lipinski definition) is 3. The number of carbonyl (C=O) groups is 1. The van der Waals surface area contributed by atoms with Crippen LogP contribution in [0.4, 0.5) is 4.39 Å². The highest BCUT2D eigenvalue weighted by atomic mass is 19.1. The summed E-state index contributed by atoms with van der Waals surface area (Å²) >= 11 is 0. The zero-order valence-electron chi connectivity index (χ0n) is 19.8. The van der Waals surface area contributed by atoms with E-state index < -0.39 is 11.7 Å². The summed E-state index contributed by atoms with van der Waals surface area (Å²) in [7, 11) is 1.38. The molecule has 0 bridgehead atoms. The van der Waals surface area contributed by atoms with Gasteiger partial charge >= 0.3 is 0 Å². The van der Waals surface area contributed by atoms with Gasteiger partial charge in [0, 0.05) is 43.1 Å². The molecule has 0 saturated heterocycles. The van der Waals surface area contributed by atoms with Crippen molar-refractivity contribution >= 4 is 11.6 Å². The molecule has 1 saturated carbocycles. The zero-order valence-corrected chi connectivity index (χ0v) is 19.8. The number of ether oxygens (including phenoxy) is 1. The molecule has 0 aliphatic heterocycles. The lowest BCUT2D eigenvalue weighted by Gasteiger charge is -2.15. The molecular weight excluding hydrogens is 463 g/mol. The first-order chi connectivity index (χ1) is 17.4. The highest BCUT2D eigenvalue weighted by Gasteiger charge is 2.24. The summed E-state index contributed by atoms with van der Waals surface area (Å²) in [5.74, 6) is 5.59. The number of fused-ring (bicyclic) bond motifs is 1. The fourth-order valence-corrected chi connectivity index (χ4v) is 4.08. The van der Waals surface area contributed by atoms with E-state index >= 15 is 0 Å². The van der Waals surface area contributed by atoms with E-state index in [0.29, 0.717) is 11.6 Å². The minimum Gasteiger partial charge on any atom is -0.494 e. The van der Waals surface area contributed by atoms with Gasteiger partial charge in [-0.05, 0) is 48.6 Å². The Morgan fingerprint density at radius 1 is 1.31 bits per heavy atom. The van der Waals surface area contributed by atoms with Gasteiger partial charge in [0.15, 0.2) is 11.6 Å². The molecule has 0 radical (unpaired) electrons. The third kappa shape index (κ3) is 4.86. The van der Waals surface area contributed by atoms with E-state index in [0.717, 1.165) is 11.3 Å². The molecule has 36 heavy (non-hydrogen) atoms. The predicted molar refractivity (Wildman–Crippen MR) is 131 cm³/mol. The second kappa shape index (κ2) is 9.70. The normalized spacial score (nSPS) is 13.7. The number of amides is 1. The molecule has 4 aromatic rings. The highest BCUT2D eigenvalue weighted by Crippen LogP contribution is 2.39. The van der Waals surface area contributed by atoms with Gasteiger partial charge in [-0.3, -0.25) is 4.79 Å². The number of halogens is 1. The molecular formula is C25H27FN8O2. The van der Waals surface area contributed by atoms with E-state index in [1.165, 1.54) is 47.5 Å². The van der Waals surface area contributed by atoms with Crippen molar-refractivity contribution in [1.82, 2.24) is 29.5 Å². The Bertz CT molecular complexity index is 1430. The van der Waals surface area contributed by atoms with Crippen LogP contribution in [-0.2, 0) is 17.9 Å². The molecule has 10 nitrogen and oxygen atoms in total. The molecule has 1 aromatic carbocycles. The van der Waals surface area contributed by atoms with Crippen molar-refractivity contribution in [3.05, 3.63) is 89.7 Å². The van der Waals surface area contributed by atoms with Crippen molar-refractivity contribution in [2.24, 2.45) is 11.6 Å². The Morgan fingerprint density at radius 2 is 2.14 bits per heavy atom. The van der Waals surface area contributed by atoms with E-state index in [1.807, 2.05) is 16.7 Å². The molecule has 11 heteroatoms. The minimum atomic E-state index is -0.594. The number of imidazole rings is 1. The van der Waals surface area contributed by atoms with Gasteiger partial charge in [-0.25, -0.2) is 19.9 Å². The molecule has 1 amide bonds. The van der Waals surface area contributed by atoms with Gasteiger partial charge in [0.25, 0.3) is 5.91 Å². The van der Waals surface area contributed by atoms with Crippen LogP contribution in [0, 0.1) is 5.82 Å². The van der Waals surface area contributed by atoms with Gasteiger partial charge in [-0.2, -0.15) is 5.10 Å². The second-order valence-electron chi connectivity index (χ2n) is 8.70. The predicted octanol–water partition coefficient (Wildman–Crippen LogP) is 2.34. The standard InChI is InChI=1S/C25H27FN8O2/c1-36-22-7-6-21(34-10-2-9-30-34)19(24(22)26)11-29-25(35)20(27)15-33(28)14-18-13-32-12-17(16-3-4-16)5-8-23(32)31-18/h2,5-10,12-13,15-16H,3-4,11,14,27-28H2,1H3,(H,29,35)/b20-15-. The van der Waals surface area contributed by atoms with Crippen molar-refractivity contribution in [2.75, 3.05) is 7.11 Å². The number of nitrogens with two attached hydrogens (primary N) is 2. The number of nitrogens with zero attached hydrogens (tertiary/aromatic N) is 5. The van der Waals surface area contributed by atoms with Crippen LogP contribution >= 0.6 is 0 Å². The Labute approximate surface area is 206 Å². The molecule has 0 unspecified atom stereocenters. The van der Waals surface area contributed by atoms with Crippen molar-refractivity contribution in [2.45, 2.75) is 31.8 Å². The third-order valence-electron chi connectivity index (χ3n) is 6.06. The third-order valence-corrected chi connectivity index (χ3v) is 6.06. The Balaban J connectivity index is 1.25. The molecule has 1 fully saturated rings. The SMILES string of the molecule is COc1ccc(-n2cccn2)c(CNC(=O)/C(N)=C/N(N)Cc2cn3cc(C4CC4)ccc3n2)c1F. The average molecular weight is 491 g/mol. The van der Waals surface area contributed by atoms with Gasteiger partial charge in [-0.1, -0.05) is 6.07 Å². The Morgan fingerprint density at radius 3 is 2.86 bits per heavy atom. The topological polar surface area (TPSA) is 129 Å². The molecule has 0 atom stereocenters. The number of carbonyl (C=O) groups excluding carboxylic acids is 1. The molecule has 0 spiro atoms. The fourth-order valence-electron chi connectivity index (χ4n) is 4.08. The van der Waals surface area contributed by atoms with Crippen molar-refractivity contribution in [3.8, 4) is 11.4 Å². The lowest BCUT2D eigenvalue weighted by molar-refractivity contribution is -0.117. The van der Waals surface area contributed by atoms with Gasteiger partial charge < -0.3 is 25.2 Å². The Hall–Kier alpha value is -4.38. The molecule has 3 heterocycles. The van der Waals surface area contributed by atoms with E-state index in [-0.39, 0.29) is 30.1 Å². The lowest BCUT2D eigenvalue weighted by Crippen LogP contribution is -2.33. The molecule has 5 N–H and O–H groups in total. The molecule has 1 aliphatic rings. The van der Waals surface area contributed by atoms with Crippen LogP contribution in [0.3, 0.4) is 0 Å². The fraction of sp³-hybridized carbons (Fsp3) is 0.240. The van der Waals surface area contributed by atoms with Gasteiger partial charge in [0.2, 0.25) is 0 Å². The molecule has 3 aromatic heterocycles. The summed E-state index contributed by atoms with van der Waals surface area (Å²) in [6.07, 6.45) is 11.0. The quantitative estimate of drug-likeness (QED) is 0.187. The summed E-state index contributed by atoms with van der Waals surface area (Å²) in [6, 6.07) is 8.99. The first kappa shape index (κ1) is 23.4. The van der Waals surface area contributed by atoms with Crippen LogP contribution in [0.2, 0.25) is 0 Å². The van der Waals surface area contributed by atoms with E-state index in [4.69, 9.17) is 16.3 Å². The number of benzene rings is 1. The summed E-state index contributed by atoms with van der Waals surface area (Å²) in [6.45, 7) is 0.119. The van der Waals surface area contributed by atoms with Crippen molar-refractivity contribution < 1.29 is 13.9 Å². The van der Waals surface area contributed by atoms with E-state index in [1.54, 1.807) is 24.5 Å². The zero-order chi connectivity index (χ0) is 25.2. The monoisotopic (exact) mass is 490 g/mol. The highest BCUT2D eigenvalue weighted by molar-refractivity contribution is 5.92. The van der Waals surface area contributed by atoms with Crippen molar-refractivity contribution in [3.63, 3.8) is 0 Å². The average Bonchev–Trinajstić information content (AvgIpc) is 3.41. The number of methoxy groups -OCH3 is 1. The number of aromatic nitrogens is 4. The van der Waals surface area contributed by atoms with Crippen LogP contribution in [0.25, 0.3) is 11.3 Å². The number of hydrogen-bond acceptors (Lipinski definition) is 7. The maximum Gasteiger partial charge on any atom is 0.268 e. The number of rotatable bonds is 9. The minimum absolute atomic E-state index is 0.0588. The van der Waals surface area contributed by atoms with Crippen LogP contribution in [-0.4, -0.2) is 37.2 Å². The summed E-state index contributed by atoms with van der Waals surface area (Å²) in [5, 5.41) is 8.07. The van der Waals surface area contributed by atoms with Gasteiger partial charge in [0.1, 0.15) is 11.3 Å². The van der Waals surface area contributed by atoms with Crippen LogP contribution < -0.4 is 21.6 Å². The van der Waals surface area contributed by atoms with Crippen LogP contribution in [0.5, 0.6) is 5.75 Å². The van der Waals surface area contributed by atoms with E-state index in [2.05, 4.69) is 27.7 Å². The summed E-state index contributed by atoms with van der Waals surface area (Å²) in [5.41, 5.74) is 9.38. The first-order valence-corrected chi connectivity index (χ1v) is 11.5. The van der Waals surface area contributed by atoms with Gasteiger partial charge in [0.05, 0.1) is 25.0 Å². The van der Waals surface area contributed by atoms with Crippen molar-refractivity contribution in [1.29, 1.82) is 0 Å². The smallest absolute Gasteiger partial charge is 0.268 e. The second-order valence-corrected chi connectivity index (χ2v) is 8.70. The molecule has 1 aliphatic carbocycles. The maximum absolute atomic E-state index is 15.0. The number of hydrazine groups is 1.